The van der Waals surface area contributed by atoms with Crippen molar-refractivity contribution in [1.82, 2.24) is 25.5 Å². The minimum Gasteiger partial charge on any atom is -0.491 e. The molecule has 0 radical (unpaired) electrons. The number of amides is 1. The van der Waals surface area contributed by atoms with Gasteiger partial charge in [0.1, 0.15) is 17.0 Å². The molecule has 1 aromatic carbocycles. The minimum absolute atomic E-state index is 0.211. The number of halogens is 2. The monoisotopic (exact) mass is 615 g/mol. The lowest BCUT2D eigenvalue weighted by Gasteiger charge is -2.28. The lowest BCUT2D eigenvalue weighted by molar-refractivity contribution is 0.0946. The van der Waals surface area contributed by atoms with Crippen LogP contribution in [0.4, 0.5) is 5.69 Å². The second-order valence-electron chi connectivity index (χ2n) is 10.2. The summed E-state index contributed by atoms with van der Waals surface area (Å²) in [6, 6.07) is 9.86. The van der Waals surface area contributed by atoms with E-state index < -0.39 is 0 Å². The van der Waals surface area contributed by atoms with Gasteiger partial charge in [-0.25, -0.2) is 4.98 Å². The van der Waals surface area contributed by atoms with E-state index in [4.69, 9.17) is 22.1 Å². The highest BCUT2D eigenvalue weighted by molar-refractivity contribution is 9.10. The highest BCUT2D eigenvalue weighted by Crippen LogP contribution is 2.32. The van der Waals surface area contributed by atoms with Crippen molar-refractivity contribution in [2.45, 2.75) is 44.3 Å². The molecule has 1 amide bonds. The molecule has 5 N–H and O–H groups in total. The maximum atomic E-state index is 13.4. The molecule has 1 aliphatic carbocycles. The van der Waals surface area contributed by atoms with E-state index in [-0.39, 0.29) is 18.0 Å². The summed E-state index contributed by atoms with van der Waals surface area (Å²) in [6.07, 6.45) is 5.51. The van der Waals surface area contributed by atoms with Crippen molar-refractivity contribution in [3.05, 3.63) is 57.4 Å². The van der Waals surface area contributed by atoms with Gasteiger partial charge in [-0.2, -0.15) is 0 Å². The van der Waals surface area contributed by atoms with Gasteiger partial charge < -0.3 is 26.4 Å². The molecule has 1 saturated carbocycles. The molecule has 2 fully saturated rings. The molecule has 1 saturated heterocycles. The molecule has 0 unspecified atom stereocenters. The number of carbonyl (C=O) groups is 1. The van der Waals surface area contributed by atoms with Crippen molar-refractivity contribution >= 4 is 50.0 Å². The van der Waals surface area contributed by atoms with Crippen LogP contribution in [0.1, 0.15) is 41.7 Å². The Kier molecular flexibility index (Phi) is 9.52. The predicted molar refractivity (Wildman–Crippen MR) is 159 cm³/mol. The number of pyridine rings is 2. The fourth-order valence-electron chi connectivity index (χ4n) is 5.12. The maximum absolute atomic E-state index is 13.4. The summed E-state index contributed by atoms with van der Waals surface area (Å²) in [7, 11) is 0. The van der Waals surface area contributed by atoms with E-state index in [2.05, 4.69) is 46.7 Å². The fourth-order valence-corrected chi connectivity index (χ4v) is 5.88. The van der Waals surface area contributed by atoms with Crippen LogP contribution in [0.15, 0.2) is 41.1 Å². The predicted octanol–water partition coefficient (Wildman–Crippen LogP) is 3.94. The molecule has 0 bridgehead atoms. The number of hydrogen-bond acceptors (Lipinski definition) is 8. The number of hydrogen-bond donors (Lipinski definition) is 4. The van der Waals surface area contributed by atoms with Gasteiger partial charge in [0.05, 0.1) is 16.2 Å². The van der Waals surface area contributed by atoms with Crippen LogP contribution in [-0.4, -0.2) is 72.2 Å². The van der Waals surface area contributed by atoms with Crippen LogP contribution in [0.2, 0.25) is 5.02 Å². The summed E-state index contributed by atoms with van der Waals surface area (Å²) in [5.41, 5.74) is 8.65. The van der Waals surface area contributed by atoms with Crippen LogP contribution in [0.5, 0.6) is 5.75 Å². The molecule has 9 nitrogen and oxygen atoms in total. The summed E-state index contributed by atoms with van der Waals surface area (Å²) in [5, 5.41) is 11.3. The number of fused-ring (bicyclic) bond motifs is 1. The van der Waals surface area contributed by atoms with Crippen LogP contribution >= 0.6 is 27.5 Å². The molecular formula is C28H35BrClN7O2. The van der Waals surface area contributed by atoms with Gasteiger partial charge in [0.2, 0.25) is 0 Å². The Labute approximate surface area is 242 Å². The molecule has 0 spiro atoms. The molecule has 3 heterocycles. The summed E-state index contributed by atoms with van der Waals surface area (Å²) in [4.78, 5) is 25.0. The van der Waals surface area contributed by atoms with Gasteiger partial charge in [-0.05, 0) is 71.4 Å². The number of piperazine rings is 1. The Balaban J connectivity index is 1.25. The molecule has 5 rings (SSSR count). The third-order valence-electron chi connectivity index (χ3n) is 7.37. The average Bonchev–Trinajstić information content (AvgIpc) is 2.96. The van der Waals surface area contributed by atoms with Crippen molar-refractivity contribution in [3.63, 3.8) is 0 Å². The van der Waals surface area contributed by atoms with Gasteiger partial charge in [0.15, 0.2) is 5.69 Å². The topological polar surface area (TPSA) is 117 Å². The molecule has 2 aliphatic rings. The fraction of sp³-hybridized carbons (Fsp3) is 0.464. The third-order valence-corrected chi connectivity index (χ3v) is 8.27. The van der Waals surface area contributed by atoms with Gasteiger partial charge in [-0.3, -0.25) is 14.7 Å². The highest BCUT2D eigenvalue weighted by atomic mass is 79.9. The van der Waals surface area contributed by atoms with E-state index in [0.717, 1.165) is 69.4 Å². The first-order valence-electron chi connectivity index (χ1n) is 13.6. The van der Waals surface area contributed by atoms with Crippen molar-refractivity contribution < 1.29 is 9.53 Å². The van der Waals surface area contributed by atoms with Gasteiger partial charge in [-0.1, -0.05) is 17.7 Å². The Morgan fingerprint density at radius 1 is 1.21 bits per heavy atom. The molecule has 11 heteroatoms. The summed E-state index contributed by atoms with van der Waals surface area (Å²) < 4.78 is 6.50. The SMILES string of the molecule is NC1CCC(Nc2c(C(=O)NCc3ccc(OCCN4CCNCC4)c(Cl)c3)nc(Br)c3cccnc23)CC1. The summed E-state index contributed by atoms with van der Waals surface area (Å²) in [5.74, 6) is 0.359. The first-order valence-corrected chi connectivity index (χ1v) is 14.7. The van der Waals surface area contributed by atoms with Crippen molar-refractivity contribution in [2.75, 3.05) is 44.6 Å². The van der Waals surface area contributed by atoms with E-state index in [1.165, 1.54) is 0 Å². The molecule has 39 heavy (non-hydrogen) atoms. The average molecular weight is 617 g/mol. The Morgan fingerprint density at radius 3 is 2.77 bits per heavy atom. The third kappa shape index (κ3) is 7.18. The molecule has 2 aromatic heterocycles. The number of nitrogens with zero attached hydrogens (tertiary/aromatic N) is 3. The summed E-state index contributed by atoms with van der Waals surface area (Å²) >= 11 is 10.0. The number of rotatable bonds is 9. The lowest BCUT2D eigenvalue weighted by atomic mass is 9.91. The second-order valence-corrected chi connectivity index (χ2v) is 11.3. The molecule has 1 aliphatic heterocycles. The molecule has 208 valence electrons. The lowest BCUT2D eigenvalue weighted by Crippen LogP contribution is -2.44. The number of anilines is 1. The molecular weight excluding hydrogens is 582 g/mol. The van der Waals surface area contributed by atoms with Crippen LogP contribution < -0.4 is 26.4 Å². The van der Waals surface area contributed by atoms with E-state index in [1.807, 2.05) is 30.3 Å². The van der Waals surface area contributed by atoms with Crippen LogP contribution in [0, 0.1) is 0 Å². The maximum Gasteiger partial charge on any atom is 0.272 e. The second kappa shape index (κ2) is 13.2. The Bertz CT molecular complexity index is 1300. The summed E-state index contributed by atoms with van der Waals surface area (Å²) in [6.45, 7) is 5.82. The quantitative estimate of drug-likeness (QED) is 0.267. The number of carbonyl (C=O) groups excluding carboxylic acids is 1. The minimum atomic E-state index is -0.286. The number of nitrogens with two attached hydrogens (primary N) is 1. The normalized spacial score (nSPS) is 20.1. The van der Waals surface area contributed by atoms with E-state index >= 15 is 0 Å². The first-order chi connectivity index (χ1) is 19.0. The number of ether oxygens (including phenoxy) is 1. The zero-order chi connectivity index (χ0) is 27.2. The zero-order valence-corrected chi connectivity index (χ0v) is 24.2. The van der Waals surface area contributed by atoms with Crippen LogP contribution in [0.25, 0.3) is 10.9 Å². The van der Waals surface area contributed by atoms with Gasteiger partial charge in [-0.15, -0.1) is 0 Å². The number of benzene rings is 1. The largest absolute Gasteiger partial charge is 0.491 e. The van der Waals surface area contributed by atoms with Crippen molar-refractivity contribution in [1.29, 1.82) is 0 Å². The number of nitrogens with one attached hydrogen (secondary N) is 3. The highest BCUT2D eigenvalue weighted by Gasteiger charge is 2.24. The first kappa shape index (κ1) is 28.0. The number of aromatic nitrogens is 2. The van der Waals surface area contributed by atoms with Crippen molar-refractivity contribution in [3.8, 4) is 5.75 Å². The van der Waals surface area contributed by atoms with Crippen LogP contribution in [-0.2, 0) is 6.54 Å². The molecule has 3 aromatic rings. The van der Waals surface area contributed by atoms with Gasteiger partial charge in [0, 0.05) is 62.9 Å². The zero-order valence-electron chi connectivity index (χ0n) is 21.9. The van der Waals surface area contributed by atoms with E-state index in [1.54, 1.807) is 6.20 Å². The van der Waals surface area contributed by atoms with E-state index in [0.29, 0.717) is 45.4 Å². The van der Waals surface area contributed by atoms with Gasteiger partial charge >= 0.3 is 0 Å². The Hall–Kier alpha value is -2.50. The van der Waals surface area contributed by atoms with Crippen molar-refractivity contribution in [2.24, 2.45) is 5.73 Å². The standard InChI is InChI=1S/C28H35BrClN7O2/c29-27-21-2-1-9-33-24(21)25(35-20-6-4-19(31)5-7-20)26(36-27)28(38)34-17-18-3-8-23(22(30)16-18)39-15-14-37-12-10-32-11-13-37/h1-3,8-9,16,19-20,32,35H,4-7,10-15,17,31H2,(H,34,38). The molecule has 0 atom stereocenters. The van der Waals surface area contributed by atoms with E-state index in [9.17, 15) is 4.79 Å². The Morgan fingerprint density at radius 2 is 2.00 bits per heavy atom. The smallest absolute Gasteiger partial charge is 0.272 e. The van der Waals surface area contributed by atoms with Gasteiger partial charge in [0.25, 0.3) is 5.91 Å². The van der Waals surface area contributed by atoms with Crippen LogP contribution in [0.3, 0.4) is 0 Å².